The number of ether oxygens (including phenoxy) is 2. The number of amides is 2. The van der Waals surface area contributed by atoms with Crippen molar-refractivity contribution in [2.24, 2.45) is 11.1 Å². The summed E-state index contributed by atoms with van der Waals surface area (Å²) in [6.45, 7) is 0. The lowest BCUT2D eigenvalue weighted by atomic mass is 9.94. The molecule has 2 aromatic carbocycles. The molecule has 0 spiro atoms. The third kappa shape index (κ3) is 2.71. The van der Waals surface area contributed by atoms with Crippen molar-refractivity contribution < 1.29 is 23.9 Å². The van der Waals surface area contributed by atoms with E-state index in [9.17, 15) is 9.59 Å². The maximum Gasteiger partial charge on any atom is 0.278 e. The Morgan fingerprint density at radius 2 is 1.70 bits per heavy atom. The van der Waals surface area contributed by atoms with E-state index in [2.05, 4.69) is 5.16 Å². The van der Waals surface area contributed by atoms with Gasteiger partial charge in [-0.3, -0.25) is 9.59 Å². The van der Waals surface area contributed by atoms with E-state index in [0.717, 1.165) is 4.90 Å². The Kier molecular flexibility index (Phi) is 4.24. The molecule has 1 fully saturated rings. The molecule has 2 amide bonds. The molecule has 1 saturated heterocycles. The molecule has 2 atom stereocenters. The molecule has 2 unspecified atom stereocenters. The number of benzene rings is 2. The Morgan fingerprint density at radius 3 is 2.37 bits per heavy atom. The number of imide groups is 1. The van der Waals surface area contributed by atoms with Crippen LogP contribution in [0.3, 0.4) is 0 Å². The first-order chi connectivity index (χ1) is 13.0. The predicted molar refractivity (Wildman–Crippen MR) is 98.4 cm³/mol. The second-order valence-corrected chi connectivity index (χ2v) is 6.47. The van der Waals surface area contributed by atoms with Crippen molar-refractivity contribution in [1.29, 1.82) is 0 Å². The molecule has 138 valence electrons. The van der Waals surface area contributed by atoms with Gasteiger partial charge in [0.2, 0.25) is 12.0 Å². The molecule has 0 aliphatic carbocycles. The van der Waals surface area contributed by atoms with Gasteiger partial charge in [-0.1, -0.05) is 16.8 Å². The van der Waals surface area contributed by atoms with E-state index < -0.39 is 23.8 Å². The number of nitrogens with zero attached hydrogens (tertiary/aromatic N) is 2. The van der Waals surface area contributed by atoms with Crippen LogP contribution in [0.15, 0.2) is 47.6 Å². The molecule has 0 radical (unpaired) electrons. The van der Waals surface area contributed by atoms with Crippen molar-refractivity contribution >= 4 is 34.8 Å². The molecule has 2 aromatic rings. The topological polar surface area (TPSA) is 77.4 Å². The maximum absolute atomic E-state index is 13.0. The lowest BCUT2D eigenvalue weighted by molar-refractivity contribution is -0.126. The predicted octanol–water partition coefficient (Wildman–Crippen LogP) is 2.65. The highest BCUT2D eigenvalue weighted by atomic mass is 35.5. The number of carbonyl (C=O) groups is 2. The molecule has 27 heavy (non-hydrogen) atoms. The molecule has 2 aliphatic rings. The average molecular weight is 387 g/mol. The van der Waals surface area contributed by atoms with Gasteiger partial charge in [0.25, 0.3) is 5.91 Å². The standard InChI is InChI=1S/C19H15ClN2O5/c1-25-13-8-3-10(9-14(13)26-2)16-15-17(27-21-16)19(24)22(18(15)23)12-6-4-11(20)5-7-12/h3-9,15,17H,1-2H3. The van der Waals surface area contributed by atoms with Crippen LogP contribution in [0.25, 0.3) is 0 Å². The van der Waals surface area contributed by atoms with Gasteiger partial charge < -0.3 is 14.3 Å². The monoisotopic (exact) mass is 386 g/mol. The summed E-state index contributed by atoms with van der Waals surface area (Å²) in [5.74, 6) is -0.613. The highest BCUT2D eigenvalue weighted by Gasteiger charge is 2.56. The molecule has 0 aromatic heterocycles. The molecule has 2 heterocycles. The summed E-state index contributed by atoms with van der Waals surface area (Å²) in [4.78, 5) is 32.1. The number of carbonyl (C=O) groups excluding carboxylic acids is 2. The number of rotatable bonds is 4. The van der Waals surface area contributed by atoms with Crippen molar-refractivity contribution in [3.63, 3.8) is 0 Å². The van der Waals surface area contributed by atoms with Crippen LogP contribution in [0.4, 0.5) is 5.69 Å². The molecular formula is C19H15ClN2O5. The molecule has 0 saturated carbocycles. The average Bonchev–Trinajstić information content (AvgIpc) is 3.23. The first-order valence-corrected chi connectivity index (χ1v) is 8.52. The van der Waals surface area contributed by atoms with Crippen LogP contribution >= 0.6 is 11.6 Å². The first kappa shape index (κ1) is 17.4. The molecule has 0 N–H and O–H groups in total. The van der Waals surface area contributed by atoms with E-state index >= 15 is 0 Å². The quantitative estimate of drug-likeness (QED) is 0.755. The van der Waals surface area contributed by atoms with Crippen LogP contribution in [0, 0.1) is 5.92 Å². The summed E-state index contributed by atoms with van der Waals surface area (Å²) in [7, 11) is 3.05. The van der Waals surface area contributed by atoms with Gasteiger partial charge in [-0.15, -0.1) is 0 Å². The van der Waals surface area contributed by atoms with Gasteiger partial charge in [-0.2, -0.15) is 0 Å². The summed E-state index contributed by atoms with van der Waals surface area (Å²) in [6.07, 6.45) is -0.976. The third-order valence-electron chi connectivity index (χ3n) is 4.58. The Balaban J connectivity index is 1.69. The second kappa shape index (κ2) is 6.59. The van der Waals surface area contributed by atoms with E-state index in [4.69, 9.17) is 25.9 Å². The summed E-state index contributed by atoms with van der Waals surface area (Å²) in [5.41, 5.74) is 1.45. The van der Waals surface area contributed by atoms with Crippen LogP contribution in [0.2, 0.25) is 5.02 Å². The number of oxime groups is 1. The highest BCUT2D eigenvalue weighted by molar-refractivity contribution is 6.33. The zero-order chi connectivity index (χ0) is 19.1. The van der Waals surface area contributed by atoms with Gasteiger partial charge in [0.1, 0.15) is 11.6 Å². The van der Waals surface area contributed by atoms with Crippen molar-refractivity contribution in [3.8, 4) is 11.5 Å². The van der Waals surface area contributed by atoms with Crippen LogP contribution in [0.5, 0.6) is 11.5 Å². The van der Waals surface area contributed by atoms with Gasteiger partial charge in [-0.25, -0.2) is 4.90 Å². The summed E-state index contributed by atoms with van der Waals surface area (Å²) < 4.78 is 10.5. The van der Waals surface area contributed by atoms with Gasteiger partial charge in [0.15, 0.2) is 11.5 Å². The second-order valence-electron chi connectivity index (χ2n) is 6.04. The molecule has 7 nitrogen and oxygen atoms in total. The first-order valence-electron chi connectivity index (χ1n) is 8.14. The minimum absolute atomic E-state index is 0.385. The molecule has 4 rings (SSSR count). The van der Waals surface area contributed by atoms with Gasteiger partial charge in [0, 0.05) is 10.6 Å². The van der Waals surface area contributed by atoms with E-state index in [0.29, 0.717) is 33.5 Å². The fourth-order valence-electron chi connectivity index (χ4n) is 3.26. The molecule has 0 bridgehead atoms. The Labute approximate surface area is 160 Å². The normalized spacial score (nSPS) is 21.0. The van der Waals surface area contributed by atoms with Crippen LogP contribution in [-0.2, 0) is 14.4 Å². The molecule has 8 heteroatoms. The summed E-state index contributed by atoms with van der Waals surface area (Å²) >= 11 is 5.89. The SMILES string of the molecule is COc1ccc(C2=NOC3C(=O)N(c4ccc(Cl)cc4)C(=O)C23)cc1OC. The van der Waals surface area contributed by atoms with Crippen molar-refractivity contribution in [2.45, 2.75) is 6.10 Å². The zero-order valence-electron chi connectivity index (χ0n) is 14.5. The lowest BCUT2D eigenvalue weighted by Gasteiger charge is -2.15. The van der Waals surface area contributed by atoms with Gasteiger partial charge >= 0.3 is 0 Å². The number of hydrogen-bond acceptors (Lipinski definition) is 6. The molecule has 2 aliphatic heterocycles. The van der Waals surface area contributed by atoms with Crippen molar-refractivity contribution in [2.75, 3.05) is 19.1 Å². The smallest absolute Gasteiger partial charge is 0.278 e. The number of halogens is 1. The maximum atomic E-state index is 13.0. The van der Waals surface area contributed by atoms with Crippen molar-refractivity contribution in [3.05, 3.63) is 53.1 Å². The Morgan fingerprint density at radius 1 is 1.00 bits per heavy atom. The number of methoxy groups -OCH3 is 2. The van der Waals surface area contributed by atoms with Crippen LogP contribution < -0.4 is 14.4 Å². The van der Waals surface area contributed by atoms with E-state index in [1.165, 1.54) is 14.2 Å². The van der Waals surface area contributed by atoms with E-state index in [-0.39, 0.29) is 0 Å². The van der Waals surface area contributed by atoms with Crippen LogP contribution in [-0.4, -0.2) is 37.8 Å². The fraction of sp³-hybridized carbons (Fsp3) is 0.211. The summed E-state index contributed by atoms with van der Waals surface area (Å²) in [6, 6.07) is 11.6. The van der Waals surface area contributed by atoms with Crippen molar-refractivity contribution in [1.82, 2.24) is 0 Å². The number of hydrogen-bond donors (Lipinski definition) is 0. The third-order valence-corrected chi connectivity index (χ3v) is 4.83. The number of fused-ring (bicyclic) bond motifs is 1. The fourth-order valence-corrected chi connectivity index (χ4v) is 3.38. The lowest BCUT2D eigenvalue weighted by Crippen LogP contribution is -2.33. The van der Waals surface area contributed by atoms with Crippen LogP contribution in [0.1, 0.15) is 5.56 Å². The summed E-state index contributed by atoms with van der Waals surface area (Å²) in [5, 5.41) is 4.51. The highest BCUT2D eigenvalue weighted by Crippen LogP contribution is 2.37. The van der Waals surface area contributed by atoms with E-state index in [1.807, 2.05) is 0 Å². The largest absolute Gasteiger partial charge is 0.493 e. The Bertz CT molecular complexity index is 957. The molecular weight excluding hydrogens is 372 g/mol. The number of anilines is 1. The minimum atomic E-state index is -0.976. The zero-order valence-corrected chi connectivity index (χ0v) is 15.3. The van der Waals surface area contributed by atoms with E-state index in [1.54, 1.807) is 42.5 Å². The van der Waals surface area contributed by atoms with Gasteiger partial charge in [-0.05, 0) is 42.5 Å². The van der Waals surface area contributed by atoms with Gasteiger partial charge in [0.05, 0.1) is 19.9 Å². The minimum Gasteiger partial charge on any atom is -0.493 e. The Hall–Kier alpha value is -3.06.